The maximum absolute atomic E-state index is 13.6. The fraction of sp³-hybridized carbons (Fsp3) is 0.538. The van der Waals surface area contributed by atoms with Crippen molar-refractivity contribution in [1.29, 1.82) is 0 Å². The SMILES string of the molecule is CC(Oc1ccc(N)cc1F)C1CCCCN1. The summed E-state index contributed by atoms with van der Waals surface area (Å²) < 4.78 is 19.2. The van der Waals surface area contributed by atoms with Crippen LogP contribution in [-0.4, -0.2) is 18.7 Å². The van der Waals surface area contributed by atoms with E-state index >= 15 is 0 Å². The minimum Gasteiger partial charge on any atom is -0.486 e. The van der Waals surface area contributed by atoms with Crippen LogP contribution in [0.4, 0.5) is 10.1 Å². The van der Waals surface area contributed by atoms with Crippen molar-refractivity contribution in [3.05, 3.63) is 24.0 Å². The lowest BCUT2D eigenvalue weighted by Crippen LogP contribution is -2.44. The number of hydrogen-bond donors (Lipinski definition) is 2. The molecule has 3 N–H and O–H groups in total. The predicted molar refractivity (Wildman–Crippen MR) is 66.5 cm³/mol. The van der Waals surface area contributed by atoms with Crippen molar-refractivity contribution >= 4 is 5.69 Å². The lowest BCUT2D eigenvalue weighted by atomic mass is 10.0. The molecule has 17 heavy (non-hydrogen) atoms. The monoisotopic (exact) mass is 238 g/mol. The highest BCUT2D eigenvalue weighted by atomic mass is 19.1. The number of piperidine rings is 1. The Balaban J connectivity index is 1.99. The summed E-state index contributed by atoms with van der Waals surface area (Å²) in [6.45, 7) is 2.99. The van der Waals surface area contributed by atoms with Gasteiger partial charge in [0.2, 0.25) is 0 Å². The molecule has 2 unspecified atom stereocenters. The van der Waals surface area contributed by atoms with Gasteiger partial charge in [0.15, 0.2) is 11.6 Å². The standard InChI is InChI=1S/C13H19FN2O/c1-9(12-4-2-3-7-16-12)17-13-6-5-10(15)8-11(13)14/h5-6,8-9,12,16H,2-4,7,15H2,1H3. The number of halogens is 1. The largest absolute Gasteiger partial charge is 0.486 e. The number of hydrogen-bond acceptors (Lipinski definition) is 3. The molecule has 0 radical (unpaired) electrons. The van der Waals surface area contributed by atoms with Gasteiger partial charge in [-0.25, -0.2) is 4.39 Å². The van der Waals surface area contributed by atoms with Crippen LogP contribution in [0.2, 0.25) is 0 Å². The van der Waals surface area contributed by atoms with Gasteiger partial charge in [0.05, 0.1) is 0 Å². The van der Waals surface area contributed by atoms with Crippen molar-refractivity contribution in [3.8, 4) is 5.75 Å². The summed E-state index contributed by atoms with van der Waals surface area (Å²) >= 11 is 0. The van der Waals surface area contributed by atoms with Crippen LogP contribution in [0.5, 0.6) is 5.75 Å². The predicted octanol–water partition coefficient (Wildman–Crippen LogP) is 2.32. The summed E-state index contributed by atoms with van der Waals surface area (Å²) in [5.74, 6) is -0.119. The molecule has 0 amide bonds. The molecule has 0 saturated carbocycles. The molecular weight excluding hydrogens is 219 g/mol. The molecule has 2 rings (SSSR count). The maximum Gasteiger partial charge on any atom is 0.167 e. The molecular formula is C13H19FN2O. The summed E-state index contributed by atoms with van der Waals surface area (Å²) in [5, 5.41) is 3.40. The number of benzene rings is 1. The average molecular weight is 238 g/mol. The van der Waals surface area contributed by atoms with Gasteiger partial charge in [0.1, 0.15) is 6.10 Å². The average Bonchev–Trinajstić information content (AvgIpc) is 2.34. The molecule has 1 aliphatic rings. The molecule has 4 heteroatoms. The van der Waals surface area contributed by atoms with Crippen molar-refractivity contribution in [2.75, 3.05) is 12.3 Å². The van der Waals surface area contributed by atoms with Gasteiger partial charge in [0.25, 0.3) is 0 Å². The van der Waals surface area contributed by atoms with E-state index in [0.29, 0.717) is 11.7 Å². The Morgan fingerprint density at radius 3 is 2.94 bits per heavy atom. The molecule has 1 aliphatic heterocycles. The van der Waals surface area contributed by atoms with Gasteiger partial charge in [-0.15, -0.1) is 0 Å². The van der Waals surface area contributed by atoms with Crippen molar-refractivity contribution < 1.29 is 9.13 Å². The smallest absolute Gasteiger partial charge is 0.167 e. The molecule has 1 aromatic rings. The Morgan fingerprint density at radius 2 is 2.29 bits per heavy atom. The van der Waals surface area contributed by atoms with Crippen molar-refractivity contribution in [2.24, 2.45) is 0 Å². The van der Waals surface area contributed by atoms with Gasteiger partial charge >= 0.3 is 0 Å². The topological polar surface area (TPSA) is 47.3 Å². The Labute approximate surface area is 101 Å². The normalized spacial score (nSPS) is 22.1. The van der Waals surface area contributed by atoms with Crippen LogP contribution in [0, 0.1) is 5.82 Å². The highest BCUT2D eigenvalue weighted by Crippen LogP contribution is 2.22. The second-order valence-electron chi connectivity index (χ2n) is 4.57. The second-order valence-corrected chi connectivity index (χ2v) is 4.57. The maximum atomic E-state index is 13.6. The summed E-state index contributed by atoms with van der Waals surface area (Å²) in [7, 11) is 0. The fourth-order valence-corrected chi connectivity index (χ4v) is 2.17. The third-order valence-electron chi connectivity index (χ3n) is 3.18. The van der Waals surface area contributed by atoms with E-state index in [0.717, 1.165) is 13.0 Å². The molecule has 0 aliphatic carbocycles. The van der Waals surface area contributed by atoms with E-state index in [4.69, 9.17) is 10.5 Å². The van der Waals surface area contributed by atoms with E-state index in [1.165, 1.54) is 18.9 Å². The first kappa shape index (κ1) is 12.2. The summed E-state index contributed by atoms with van der Waals surface area (Å²) in [4.78, 5) is 0. The molecule has 3 nitrogen and oxygen atoms in total. The number of anilines is 1. The van der Waals surface area contributed by atoms with Crippen LogP contribution >= 0.6 is 0 Å². The lowest BCUT2D eigenvalue weighted by molar-refractivity contribution is 0.147. The minimum atomic E-state index is -0.396. The first-order valence-corrected chi connectivity index (χ1v) is 6.12. The molecule has 1 aromatic carbocycles. The van der Waals surface area contributed by atoms with Crippen LogP contribution in [-0.2, 0) is 0 Å². The first-order valence-electron chi connectivity index (χ1n) is 6.12. The number of nitrogens with one attached hydrogen (secondary N) is 1. The zero-order valence-electron chi connectivity index (χ0n) is 10.1. The van der Waals surface area contributed by atoms with Crippen LogP contribution in [0.25, 0.3) is 0 Å². The minimum absolute atomic E-state index is 0.0339. The van der Waals surface area contributed by atoms with E-state index in [9.17, 15) is 4.39 Å². The van der Waals surface area contributed by atoms with Gasteiger partial charge in [-0.05, 0) is 38.4 Å². The first-order chi connectivity index (χ1) is 8.16. The van der Waals surface area contributed by atoms with Crippen LogP contribution in [0.1, 0.15) is 26.2 Å². The zero-order chi connectivity index (χ0) is 12.3. The Kier molecular flexibility index (Phi) is 3.84. The number of nitrogen functional groups attached to an aromatic ring is 1. The van der Waals surface area contributed by atoms with Crippen molar-refractivity contribution in [1.82, 2.24) is 5.32 Å². The van der Waals surface area contributed by atoms with E-state index in [-0.39, 0.29) is 11.9 Å². The second kappa shape index (κ2) is 5.36. The van der Waals surface area contributed by atoms with Crippen molar-refractivity contribution in [2.45, 2.75) is 38.3 Å². The molecule has 1 heterocycles. The molecule has 0 spiro atoms. The molecule has 0 aromatic heterocycles. The zero-order valence-corrected chi connectivity index (χ0v) is 10.1. The molecule has 0 bridgehead atoms. The van der Waals surface area contributed by atoms with E-state index < -0.39 is 5.82 Å². The summed E-state index contributed by atoms with van der Waals surface area (Å²) in [6.07, 6.45) is 3.46. The number of ether oxygens (including phenoxy) is 1. The van der Waals surface area contributed by atoms with Crippen LogP contribution in [0.15, 0.2) is 18.2 Å². The van der Waals surface area contributed by atoms with E-state index in [2.05, 4.69) is 5.32 Å². The number of nitrogens with two attached hydrogens (primary N) is 1. The Hall–Kier alpha value is -1.29. The van der Waals surface area contributed by atoms with Crippen LogP contribution in [0.3, 0.4) is 0 Å². The highest BCUT2D eigenvalue weighted by molar-refractivity contribution is 5.42. The lowest BCUT2D eigenvalue weighted by Gasteiger charge is -2.29. The Bertz CT molecular complexity index is 378. The molecule has 1 saturated heterocycles. The third-order valence-corrected chi connectivity index (χ3v) is 3.18. The summed E-state index contributed by atoms with van der Waals surface area (Å²) in [6, 6.07) is 4.83. The highest BCUT2D eigenvalue weighted by Gasteiger charge is 2.21. The van der Waals surface area contributed by atoms with Crippen LogP contribution < -0.4 is 15.8 Å². The molecule has 94 valence electrons. The Morgan fingerprint density at radius 1 is 1.47 bits per heavy atom. The number of rotatable bonds is 3. The van der Waals surface area contributed by atoms with Gasteiger partial charge in [-0.2, -0.15) is 0 Å². The summed E-state index contributed by atoms with van der Waals surface area (Å²) in [5.41, 5.74) is 5.91. The van der Waals surface area contributed by atoms with Gasteiger partial charge < -0.3 is 15.8 Å². The van der Waals surface area contributed by atoms with Gasteiger partial charge in [0, 0.05) is 17.8 Å². The molecule has 1 fully saturated rings. The molecule has 2 atom stereocenters. The van der Waals surface area contributed by atoms with Gasteiger partial charge in [-0.3, -0.25) is 0 Å². The third kappa shape index (κ3) is 3.09. The van der Waals surface area contributed by atoms with Gasteiger partial charge in [-0.1, -0.05) is 6.42 Å². The van der Waals surface area contributed by atoms with E-state index in [1.54, 1.807) is 12.1 Å². The van der Waals surface area contributed by atoms with Crippen molar-refractivity contribution in [3.63, 3.8) is 0 Å². The quantitative estimate of drug-likeness (QED) is 0.794. The fourth-order valence-electron chi connectivity index (χ4n) is 2.17. The van der Waals surface area contributed by atoms with E-state index in [1.807, 2.05) is 6.92 Å².